The molecule has 0 bridgehead atoms. The molecule has 2 nitrogen and oxygen atoms in total. The van der Waals surface area contributed by atoms with E-state index in [0.717, 1.165) is 18.4 Å². The van der Waals surface area contributed by atoms with Gasteiger partial charge in [-0.15, -0.1) is 0 Å². The van der Waals surface area contributed by atoms with Crippen molar-refractivity contribution in [2.45, 2.75) is 39.0 Å². The van der Waals surface area contributed by atoms with Crippen molar-refractivity contribution in [2.75, 3.05) is 0 Å². The quantitative estimate of drug-likeness (QED) is 0.425. The Morgan fingerprint density at radius 3 is 2.64 bits per heavy atom. The monoisotopic (exact) mass is 194 g/mol. The fraction of sp³-hybridized carbons (Fsp3) is 0.500. The first-order chi connectivity index (χ1) is 6.88. The summed E-state index contributed by atoms with van der Waals surface area (Å²) in [5.74, 6) is 0.587. The van der Waals surface area contributed by atoms with Crippen LogP contribution in [0.1, 0.15) is 38.2 Å². The van der Waals surface area contributed by atoms with Crippen molar-refractivity contribution >= 4 is 0 Å². The molecule has 0 saturated heterocycles. The van der Waals surface area contributed by atoms with E-state index < -0.39 is 0 Å². The maximum absolute atomic E-state index is 8.62. The summed E-state index contributed by atoms with van der Waals surface area (Å²) in [6, 6.07) is 7.62. The summed E-state index contributed by atoms with van der Waals surface area (Å²) in [5, 5.41) is 8.62. The van der Waals surface area contributed by atoms with E-state index in [1.54, 1.807) is 6.07 Å². The Kier molecular flexibility index (Phi) is 5.08. The Balaban J connectivity index is 2.41. The molecule has 0 unspecified atom stereocenters. The molecule has 1 aromatic rings. The number of aryl methyl sites for hydroxylation is 1. The first-order valence-corrected chi connectivity index (χ1v) is 5.27. The van der Waals surface area contributed by atoms with Crippen molar-refractivity contribution < 1.29 is 10.1 Å². The number of hydrogen-bond donors (Lipinski definition) is 1. The summed E-state index contributed by atoms with van der Waals surface area (Å²) in [6.45, 7) is 2.20. The Morgan fingerprint density at radius 2 is 1.93 bits per heavy atom. The van der Waals surface area contributed by atoms with Crippen LogP contribution in [0.5, 0.6) is 5.75 Å². The maximum Gasteiger partial charge on any atom is 0.168 e. The molecule has 0 amide bonds. The van der Waals surface area contributed by atoms with Gasteiger partial charge in [0.1, 0.15) is 0 Å². The van der Waals surface area contributed by atoms with Crippen molar-refractivity contribution in [2.24, 2.45) is 0 Å². The zero-order valence-corrected chi connectivity index (χ0v) is 8.70. The Hall–Kier alpha value is -1.02. The van der Waals surface area contributed by atoms with Gasteiger partial charge in [0.2, 0.25) is 0 Å². The molecule has 2 heteroatoms. The van der Waals surface area contributed by atoms with Crippen molar-refractivity contribution in [1.29, 1.82) is 0 Å². The van der Waals surface area contributed by atoms with Crippen molar-refractivity contribution in [1.82, 2.24) is 0 Å². The second kappa shape index (κ2) is 6.44. The van der Waals surface area contributed by atoms with E-state index in [2.05, 4.69) is 11.8 Å². The van der Waals surface area contributed by atoms with Gasteiger partial charge in [-0.25, -0.2) is 5.26 Å². The topological polar surface area (TPSA) is 29.5 Å². The zero-order chi connectivity index (χ0) is 10.2. The number of benzene rings is 1. The third-order valence-electron chi connectivity index (χ3n) is 2.37. The van der Waals surface area contributed by atoms with Crippen LogP contribution >= 0.6 is 0 Å². The van der Waals surface area contributed by atoms with Crippen LogP contribution in [0.4, 0.5) is 0 Å². The summed E-state index contributed by atoms with van der Waals surface area (Å²) in [5.41, 5.74) is 1.09. The van der Waals surface area contributed by atoms with Crippen LogP contribution in [0.2, 0.25) is 0 Å². The first kappa shape index (κ1) is 11.1. The van der Waals surface area contributed by atoms with Gasteiger partial charge in [0.15, 0.2) is 5.75 Å². The second-order valence-corrected chi connectivity index (χ2v) is 3.51. The van der Waals surface area contributed by atoms with Crippen molar-refractivity contribution in [3.8, 4) is 5.75 Å². The molecule has 14 heavy (non-hydrogen) atoms. The molecule has 0 heterocycles. The summed E-state index contributed by atoms with van der Waals surface area (Å²) < 4.78 is 0. The fourth-order valence-corrected chi connectivity index (χ4v) is 1.54. The third-order valence-corrected chi connectivity index (χ3v) is 2.37. The third kappa shape index (κ3) is 3.38. The first-order valence-electron chi connectivity index (χ1n) is 5.27. The Labute approximate surface area is 85.5 Å². The predicted molar refractivity (Wildman–Crippen MR) is 57.5 cm³/mol. The molecule has 1 rings (SSSR count). The predicted octanol–water partition coefficient (Wildman–Crippen LogP) is 3.66. The second-order valence-electron chi connectivity index (χ2n) is 3.51. The van der Waals surface area contributed by atoms with Gasteiger partial charge in [-0.05, 0) is 24.5 Å². The minimum absolute atomic E-state index is 0.587. The minimum atomic E-state index is 0.587. The van der Waals surface area contributed by atoms with Gasteiger partial charge in [0.05, 0.1) is 0 Å². The average molecular weight is 194 g/mol. The highest BCUT2D eigenvalue weighted by Crippen LogP contribution is 2.19. The molecular formula is C12H18O2. The van der Waals surface area contributed by atoms with Crippen LogP contribution in [0, 0.1) is 0 Å². The fourth-order valence-electron chi connectivity index (χ4n) is 1.54. The van der Waals surface area contributed by atoms with Crippen molar-refractivity contribution in [3.05, 3.63) is 29.8 Å². The lowest BCUT2D eigenvalue weighted by atomic mass is 10.1. The lowest BCUT2D eigenvalue weighted by molar-refractivity contribution is -0.138. The van der Waals surface area contributed by atoms with Gasteiger partial charge >= 0.3 is 0 Å². The van der Waals surface area contributed by atoms with Gasteiger partial charge in [-0.2, -0.15) is 0 Å². The normalized spacial score (nSPS) is 10.1. The molecule has 0 aliphatic heterocycles. The van der Waals surface area contributed by atoms with Crippen LogP contribution < -0.4 is 4.89 Å². The highest BCUT2D eigenvalue weighted by molar-refractivity contribution is 5.32. The van der Waals surface area contributed by atoms with E-state index in [4.69, 9.17) is 5.26 Å². The number of hydrogen-bond acceptors (Lipinski definition) is 2. The summed E-state index contributed by atoms with van der Waals surface area (Å²) >= 11 is 0. The molecule has 1 N–H and O–H groups in total. The van der Waals surface area contributed by atoms with E-state index >= 15 is 0 Å². The van der Waals surface area contributed by atoms with Crippen LogP contribution in [-0.2, 0) is 6.42 Å². The van der Waals surface area contributed by atoms with Crippen LogP contribution in [0.15, 0.2) is 24.3 Å². The van der Waals surface area contributed by atoms with Crippen LogP contribution in [0.3, 0.4) is 0 Å². The number of unbranched alkanes of at least 4 members (excludes halogenated alkanes) is 3. The largest absolute Gasteiger partial charge is 0.340 e. The average Bonchev–Trinajstić information content (AvgIpc) is 2.25. The van der Waals surface area contributed by atoms with Crippen molar-refractivity contribution in [3.63, 3.8) is 0 Å². The summed E-state index contributed by atoms with van der Waals surface area (Å²) in [4.78, 5) is 4.30. The summed E-state index contributed by atoms with van der Waals surface area (Å²) in [7, 11) is 0. The van der Waals surface area contributed by atoms with Gasteiger partial charge in [0.25, 0.3) is 0 Å². The maximum atomic E-state index is 8.62. The van der Waals surface area contributed by atoms with E-state index in [-0.39, 0.29) is 0 Å². The highest BCUT2D eigenvalue weighted by Gasteiger charge is 2.01. The summed E-state index contributed by atoms with van der Waals surface area (Å²) in [6.07, 6.45) is 5.92. The molecule has 0 radical (unpaired) electrons. The standard InChI is InChI=1S/C12H18O2/c1-2-3-4-5-8-11-9-6-7-10-12(11)14-13/h6-7,9-10,13H,2-5,8H2,1H3. The molecule has 78 valence electrons. The molecule has 0 aromatic heterocycles. The zero-order valence-electron chi connectivity index (χ0n) is 8.70. The molecule has 0 fully saturated rings. The van der Waals surface area contributed by atoms with E-state index in [1.807, 2.05) is 18.2 Å². The molecule has 0 atom stereocenters. The molecular weight excluding hydrogens is 176 g/mol. The van der Waals surface area contributed by atoms with Gasteiger partial charge in [-0.3, -0.25) is 0 Å². The molecule has 0 aliphatic rings. The molecule has 1 aromatic carbocycles. The lowest BCUT2D eigenvalue weighted by Gasteiger charge is -2.05. The molecule has 0 saturated carbocycles. The molecule has 0 spiro atoms. The SMILES string of the molecule is CCCCCCc1ccccc1OO. The van der Waals surface area contributed by atoms with E-state index in [1.165, 1.54) is 19.3 Å². The van der Waals surface area contributed by atoms with Gasteiger partial charge in [-0.1, -0.05) is 44.4 Å². The smallest absolute Gasteiger partial charge is 0.168 e. The molecule has 0 aliphatic carbocycles. The van der Waals surface area contributed by atoms with E-state index in [0.29, 0.717) is 5.75 Å². The van der Waals surface area contributed by atoms with Gasteiger partial charge < -0.3 is 4.89 Å². The highest BCUT2D eigenvalue weighted by atomic mass is 17.1. The van der Waals surface area contributed by atoms with E-state index in [9.17, 15) is 0 Å². The Morgan fingerprint density at radius 1 is 1.14 bits per heavy atom. The van der Waals surface area contributed by atoms with Crippen LogP contribution in [0.25, 0.3) is 0 Å². The minimum Gasteiger partial charge on any atom is -0.340 e. The van der Waals surface area contributed by atoms with Gasteiger partial charge in [0, 0.05) is 0 Å². The Bertz CT molecular complexity index is 258. The lowest BCUT2D eigenvalue weighted by Crippen LogP contribution is -1.92. The number of rotatable bonds is 6. The van der Waals surface area contributed by atoms with Crippen LogP contribution in [-0.4, -0.2) is 5.26 Å². The number of para-hydroxylation sites is 1.